The number of nitrogens with one attached hydrogen (secondary N) is 2. The number of rotatable bonds is 3. The summed E-state index contributed by atoms with van der Waals surface area (Å²) in [5.41, 5.74) is 2.90. The molecule has 0 atom stereocenters. The molecule has 2 aromatic rings. The number of anilines is 1. The van der Waals surface area contributed by atoms with E-state index in [4.69, 9.17) is 26.2 Å². The molecule has 2 N–H and O–H groups in total. The van der Waals surface area contributed by atoms with Crippen LogP contribution in [0.15, 0.2) is 47.5 Å². The topological polar surface area (TPSA) is 72.0 Å². The monoisotopic (exact) mass is 509 g/mol. The van der Waals surface area contributed by atoms with Crippen molar-refractivity contribution in [2.75, 3.05) is 5.32 Å². The molecule has 1 saturated carbocycles. The Morgan fingerprint density at radius 1 is 1.14 bits per heavy atom. The first-order valence-electron chi connectivity index (χ1n) is 11.3. The van der Waals surface area contributed by atoms with Gasteiger partial charge in [0.25, 0.3) is 0 Å². The minimum absolute atomic E-state index is 0.0493. The van der Waals surface area contributed by atoms with E-state index in [1.807, 2.05) is 12.1 Å². The van der Waals surface area contributed by atoms with Gasteiger partial charge in [-0.3, -0.25) is 5.32 Å². The summed E-state index contributed by atoms with van der Waals surface area (Å²) in [5, 5.41) is 2.11. The summed E-state index contributed by atoms with van der Waals surface area (Å²) in [5.74, 6) is 0.644. The van der Waals surface area contributed by atoms with Crippen LogP contribution in [0.25, 0.3) is 0 Å². The van der Waals surface area contributed by atoms with Crippen molar-refractivity contribution in [2.24, 2.45) is 4.99 Å². The fraction of sp³-hybridized carbons (Fsp3) is 0.440. The molecule has 1 spiro atoms. The Labute approximate surface area is 206 Å². The zero-order valence-corrected chi connectivity index (χ0v) is 20.4. The smallest absolute Gasteiger partial charge is 0.418 e. The molecule has 1 heterocycles. The number of halogens is 4. The van der Waals surface area contributed by atoms with Crippen molar-refractivity contribution in [1.82, 2.24) is 5.48 Å². The highest BCUT2D eigenvalue weighted by atomic mass is 35.5. The number of hydrogen-bond donors (Lipinski definition) is 2. The van der Waals surface area contributed by atoms with Crippen LogP contribution in [-0.4, -0.2) is 23.8 Å². The number of benzene rings is 2. The molecule has 1 aliphatic carbocycles. The van der Waals surface area contributed by atoms with E-state index >= 15 is 0 Å². The van der Waals surface area contributed by atoms with Gasteiger partial charge in [0.05, 0.1) is 11.3 Å². The van der Waals surface area contributed by atoms with Crippen LogP contribution < -0.4 is 10.8 Å². The Morgan fingerprint density at radius 3 is 2.40 bits per heavy atom. The van der Waals surface area contributed by atoms with Crippen molar-refractivity contribution in [3.63, 3.8) is 0 Å². The lowest BCUT2D eigenvalue weighted by atomic mass is 9.86. The molecule has 1 fully saturated rings. The number of alkyl halides is 3. The highest BCUT2D eigenvalue weighted by molar-refractivity contribution is 6.30. The summed E-state index contributed by atoms with van der Waals surface area (Å²) >= 11 is 5.68. The van der Waals surface area contributed by atoms with Gasteiger partial charge in [-0.15, -0.1) is 0 Å². The minimum Gasteiger partial charge on any atom is -0.446 e. The van der Waals surface area contributed by atoms with Crippen LogP contribution in [-0.2, 0) is 21.2 Å². The number of nitrogens with zero attached hydrogens (tertiary/aromatic N) is 1. The van der Waals surface area contributed by atoms with E-state index in [1.165, 1.54) is 11.6 Å². The minimum atomic E-state index is -4.67. The van der Waals surface area contributed by atoms with Crippen LogP contribution in [0.1, 0.15) is 63.1 Å². The zero-order valence-electron chi connectivity index (χ0n) is 19.6. The van der Waals surface area contributed by atoms with E-state index in [-0.39, 0.29) is 10.4 Å². The van der Waals surface area contributed by atoms with Gasteiger partial charge in [-0.2, -0.15) is 13.2 Å². The zero-order chi connectivity index (χ0) is 25.4. The molecule has 0 aromatic heterocycles. The van der Waals surface area contributed by atoms with Crippen molar-refractivity contribution in [2.45, 2.75) is 69.9 Å². The standard InChI is InChI=1S/C25H27ClF3N3O3/c1-23(2,3)16-6-4-15(5-7-16)21-31-24(35-32-21)12-10-18(11-13-24)34-22(33)30-20-9-8-17(26)14-19(20)25(27,28)29/h4-9,14,18H,10-13H2,1-3H3,(H,30,33)(H,31,32). The summed E-state index contributed by atoms with van der Waals surface area (Å²) < 4.78 is 45.1. The van der Waals surface area contributed by atoms with Crippen LogP contribution in [0, 0.1) is 0 Å². The molecular formula is C25H27ClF3N3O3. The summed E-state index contributed by atoms with van der Waals surface area (Å²) in [6, 6.07) is 11.3. The first kappa shape index (κ1) is 25.3. The largest absolute Gasteiger partial charge is 0.446 e. The van der Waals surface area contributed by atoms with Crippen molar-refractivity contribution in [3.8, 4) is 0 Å². The Kier molecular flexibility index (Phi) is 6.76. The number of amides is 1. The van der Waals surface area contributed by atoms with E-state index in [9.17, 15) is 18.0 Å². The first-order chi connectivity index (χ1) is 16.3. The van der Waals surface area contributed by atoms with Crippen LogP contribution in [0.3, 0.4) is 0 Å². The molecular weight excluding hydrogens is 483 g/mol. The molecule has 0 saturated heterocycles. The van der Waals surface area contributed by atoms with Crippen molar-refractivity contribution >= 4 is 29.2 Å². The lowest BCUT2D eigenvalue weighted by Crippen LogP contribution is -2.38. The third kappa shape index (κ3) is 5.90. The molecule has 2 aliphatic rings. The number of hydrogen-bond acceptors (Lipinski definition) is 5. The Balaban J connectivity index is 1.35. The molecule has 10 heteroatoms. The predicted octanol–water partition coefficient (Wildman–Crippen LogP) is 6.83. The Morgan fingerprint density at radius 2 is 1.80 bits per heavy atom. The maximum atomic E-state index is 13.2. The number of ether oxygens (including phenoxy) is 1. The van der Waals surface area contributed by atoms with Gasteiger partial charge >= 0.3 is 12.3 Å². The number of aliphatic imine (C=N–C) groups is 1. The molecule has 4 rings (SSSR count). The summed E-state index contributed by atoms with van der Waals surface area (Å²) in [7, 11) is 0. The molecule has 0 unspecified atom stereocenters. The second-order valence-electron chi connectivity index (χ2n) is 9.86. The predicted molar refractivity (Wildman–Crippen MR) is 127 cm³/mol. The fourth-order valence-corrected chi connectivity index (χ4v) is 4.34. The van der Waals surface area contributed by atoms with Crippen molar-refractivity contribution in [3.05, 3.63) is 64.2 Å². The van der Waals surface area contributed by atoms with Gasteiger partial charge in [0.2, 0.25) is 0 Å². The lowest BCUT2D eigenvalue weighted by molar-refractivity contribution is -0.136. The Hall–Kier alpha value is -2.78. The van der Waals surface area contributed by atoms with Gasteiger partial charge in [-0.1, -0.05) is 56.6 Å². The summed E-state index contributed by atoms with van der Waals surface area (Å²) in [6.45, 7) is 6.45. The van der Waals surface area contributed by atoms with Gasteiger partial charge in [-0.05, 0) is 42.0 Å². The van der Waals surface area contributed by atoms with E-state index in [0.717, 1.165) is 17.7 Å². The molecule has 1 aliphatic heterocycles. The van der Waals surface area contributed by atoms with Gasteiger partial charge in [0.15, 0.2) is 11.6 Å². The van der Waals surface area contributed by atoms with E-state index in [0.29, 0.717) is 31.5 Å². The first-order valence-corrected chi connectivity index (χ1v) is 11.7. The second kappa shape index (κ2) is 9.35. The number of amidine groups is 1. The molecule has 2 aromatic carbocycles. The SMILES string of the molecule is CC(C)(C)c1ccc(C2=NC3(CCC(OC(=O)Nc4ccc(Cl)cc4C(F)(F)F)CC3)ON2)cc1. The molecule has 0 radical (unpaired) electrons. The van der Waals surface area contributed by atoms with Gasteiger partial charge in [-0.25, -0.2) is 20.1 Å². The highest BCUT2D eigenvalue weighted by Crippen LogP contribution is 2.38. The van der Waals surface area contributed by atoms with E-state index in [2.05, 4.69) is 43.7 Å². The molecule has 35 heavy (non-hydrogen) atoms. The normalized spacial score (nSPS) is 22.5. The quantitative estimate of drug-likeness (QED) is 0.476. The fourth-order valence-electron chi connectivity index (χ4n) is 4.17. The van der Waals surface area contributed by atoms with E-state index < -0.39 is 35.3 Å². The third-order valence-electron chi connectivity index (χ3n) is 6.19. The van der Waals surface area contributed by atoms with Gasteiger partial charge < -0.3 is 4.74 Å². The molecule has 6 nitrogen and oxygen atoms in total. The van der Waals surface area contributed by atoms with Crippen LogP contribution in [0.2, 0.25) is 5.02 Å². The van der Waals surface area contributed by atoms with Crippen LogP contribution >= 0.6 is 11.6 Å². The molecule has 188 valence electrons. The molecule has 0 bridgehead atoms. The average molecular weight is 510 g/mol. The maximum absolute atomic E-state index is 13.2. The van der Waals surface area contributed by atoms with Gasteiger partial charge in [0.1, 0.15) is 6.10 Å². The van der Waals surface area contributed by atoms with Crippen molar-refractivity contribution in [1.29, 1.82) is 0 Å². The number of carbonyl (C=O) groups is 1. The second-order valence-corrected chi connectivity index (χ2v) is 10.3. The third-order valence-corrected chi connectivity index (χ3v) is 6.42. The van der Waals surface area contributed by atoms with E-state index in [1.54, 1.807) is 0 Å². The van der Waals surface area contributed by atoms with Crippen LogP contribution in [0.4, 0.5) is 23.7 Å². The maximum Gasteiger partial charge on any atom is 0.418 e. The number of carbonyl (C=O) groups excluding carboxylic acids is 1. The van der Waals surface area contributed by atoms with Gasteiger partial charge in [0, 0.05) is 23.4 Å². The summed E-state index contributed by atoms with van der Waals surface area (Å²) in [4.78, 5) is 22.9. The molecule has 1 amide bonds. The number of hydroxylamine groups is 1. The summed E-state index contributed by atoms with van der Waals surface area (Å²) in [6.07, 6.45) is -4.17. The van der Waals surface area contributed by atoms with Crippen molar-refractivity contribution < 1.29 is 27.5 Å². The lowest BCUT2D eigenvalue weighted by Gasteiger charge is -2.32. The average Bonchev–Trinajstić information content (AvgIpc) is 3.19. The highest BCUT2D eigenvalue weighted by Gasteiger charge is 2.42. The Bertz CT molecular complexity index is 1120. The van der Waals surface area contributed by atoms with Crippen LogP contribution in [0.5, 0.6) is 0 Å².